The molecule has 4 heteroatoms. The predicted molar refractivity (Wildman–Crippen MR) is 62.8 cm³/mol. The number of terminal acetylenes is 1. The number of methoxy groups -OCH3 is 1. The van der Waals surface area contributed by atoms with E-state index in [9.17, 15) is 4.79 Å². The molecule has 1 aromatic carbocycles. The molecular formula is C11H10BrNO2. The van der Waals surface area contributed by atoms with Crippen LogP contribution in [0.1, 0.15) is 6.42 Å². The molecule has 1 amide bonds. The molecule has 0 fully saturated rings. The first-order chi connectivity index (χ1) is 7.17. The standard InChI is InChI=1S/C11H10BrNO2/c1-3-4-11(14)13-10-7-8(15-2)5-6-9(10)12/h1,5-7H,4H2,2H3,(H,13,14). The number of hydrogen-bond acceptors (Lipinski definition) is 2. The van der Waals surface area contributed by atoms with Crippen molar-refractivity contribution in [2.75, 3.05) is 12.4 Å². The minimum Gasteiger partial charge on any atom is -0.497 e. The molecule has 0 unspecified atom stereocenters. The fourth-order valence-corrected chi connectivity index (χ4v) is 1.36. The van der Waals surface area contributed by atoms with Crippen molar-refractivity contribution in [1.29, 1.82) is 0 Å². The van der Waals surface area contributed by atoms with Crippen molar-refractivity contribution in [2.45, 2.75) is 6.42 Å². The lowest BCUT2D eigenvalue weighted by molar-refractivity contribution is -0.115. The van der Waals surface area contributed by atoms with Gasteiger partial charge in [-0.15, -0.1) is 6.42 Å². The maximum atomic E-state index is 11.2. The first-order valence-electron chi connectivity index (χ1n) is 4.24. The summed E-state index contributed by atoms with van der Waals surface area (Å²) in [4.78, 5) is 11.2. The molecule has 1 N–H and O–H groups in total. The molecule has 0 radical (unpaired) electrons. The summed E-state index contributed by atoms with van der Waals surface area (Å²) >= 11 is 3.32. The van der Waals surface area contributed by atoms with Gasteiger partial charge < -0.3 is 10.1 Å². The van der Waals surface area contributed by atoms with Crippen LogP contribution < -0.4 is 10.1 Å². The molecule has 0 aromatic heterocycles. The molecule has 0 aliphatic rings. The van der Waals surface area contributed by atoms with E-state index in [-0.39, 0.29) is 12.3 Å². The highest BCUT2D eigenvalue weighted by atomic mass is 79.9. The monoisotopic (exact) mass is 267 g/mol. The van der Waals surface area contributed by atoms with Gasteiger partial charge in [0, 0.05) is 10.5 Å². The Hall–Kier alpha value is -1.47. The van der Waals surface area contributed by atoms with Crippen LogP contribution in [0.15, 0.2) is 22.7 Å². The van der Waals surface area contributed by atoms with Crippen LogP contribution in [-0.2, 0) is 4.79 Å². The van der Waals surface area contributed by atoms with Gasteiger partial charge in [-0.05, 0) is 28.1 Å². The highest BCUT2D eigenvalue weighted by Gasteiger charge is 2.05. The van der Waals surface area contributed by atoms with Gasteiger partial charge in [0.15, 0.2) is 0 Å². The zero-order valence-corrected chi connectivity index (χ0v) is 9.80. The van der Waals surface area contributed by atoms with Crippen molar-refractivity contribution < 1.29 is 9.53 Å². The summed E-state index contributed by atoms with van der Waals surface area (Å²) in [5, 5.41) is 2.68. The molecule has 78 valence electrons. The van der Waals surface area contributed by atoms with Crippen molar-refractivity contribution in [3.8, 4) is 18.1 Å². The van der Waals surface area contributed by atoms with Gasteiger partial charge in [0.1, 0.15) is 5.75 Å². The second kappa shape index (κ2) is 5.42. The number of carbonyl (C=O) groups excluding carboxylic acids is 1. The van der Waals surface area contributed by atoms with E-state index < -0.39 is 0 Å². The van der Waals surface area contributed by atoms with Crippen molar-refractivity contribution >= 4 is 27.5 Å². The molecule has 0 spiro atoms. The molecule has 15 heavy (non-hydrogen) atoms. The Bertz CT molecular complexity index is 410. The van der Waals surface area contributed by atoms with Crippen LogP contribution in [0.3, 0.4) is 0 Å². The highest BCUT2D eigenvalue weighted by Crippen LogP contribution is 2.27. The third-order valence-electron chi connectivity index (χ3n) is 1.71. The summed E-state index contributed by atoms with van der Waals surface area (Å²) in [6.45, 7) is 0. The Kier molecular flexibility index (Phi) is 4.19. The Balaban J connectivity index is 2.84. The van der Waals surface area contributed by atoms with Gasteiger partial charge in [-0.3, -0.25) is 4.79 Å². The van der Waals surface area contributed by atoms with Crippen molar-refractivity contribution in [3.63, 3.8) is 0 Å². The van der Waals surface area contributed by atoms with Gasteiger partial charge >= 0.3 is 0 Å². The molecular weight excluding hydrogens is 258 g/mol. The summed E-state index contributed by atoms with van der Waals surface area (Å²) in [7, 11) is 1.57. The normalized spacial score (nSPS) is 9.13. The first-order valence-corrected chi connectivity index (χ1v) is 5.03. The van der Waals surface area contributed by atoms with Crippen molar-refractivity contribution in [3.05, 3.63) is 22.7 Å². The van der Waals surface area contributed by atoms with E-state index in [1.165, 1.54) is 0 Å². The van der Waals surface area contributed by atoms with Gasteiger partial charge in [-0.1, -0.05) is 5.92 Å². The molecule has 1 aromatic rings. The van der Waals surface area contributed by atoms with E-state index in [1.54, 1.807) is 25.3 Å². The number of anilines is 1. The molecule has 0 saturated carbocycles. The molecule has 0 aliphatic carbocycles. The fourth-order valence-electron chi connectivity index (χ4n) is 1.01. The Morgan fingerprint density at radius 1 is 1.67 bits per heavy atom. The summed E-state index contributed by atoms with van der Waals surface area (Å²) < 4.78 is 5.82. The van der Waals surface area contributed by atoms with E-state index in [4.69, 9.17) is 11.2 Å². The van der Waals surface area contributed by atoms with Crippen LogP contribution >= 0.6 is 15.9 Å². The second-order valence-corrected chi connectivity index (χ2v) is 3.63. The SMILES string of the molecule is C#CCC(=O)Nc1cc(OC)ccc1Br. The molecule has 3 nitrogen and oxygen atoms in total. The fraction of sp³-hybridized carbons (Fsp3) is 0.182. The van der Waals surface area contributed by atoms with E-state index >= 15 is 0 Å². The summed E-state index contributed by atoms with van der Waals surface area (Å²) in [6.07, 6.45) is 5.09. The predicted octanol–water partition coefficient (Wildman–Crippen LogP) is 2.42. The third-order valence-corrected chi connectivity index (χ3v) is 2.40. The minimum atomic E-state index is -0.216. The van der Waals surface area contributed by atoms with E-state index in [2.05, 4.69) is 27.2 Å². The van der Waals surface area contributed by atoms with Gasteiger partial charge in [-0.25, -0.2) is 0 Å². The molecule has 0 atom stereocenters. The van der Waals surface area contributed by atoms with Crippen LogP contribution in [0, 0.1) is 12.3 Å². The summed E-state index contributed by atoms with van der Waals surface area (Å²) in [5.74, 6) is 2.74. The Morgan fingerprint density at radius 3 is 3.00 bits per heavy atom. The van der Waals surface area contributed by atoms with Crippen molar-refractivity contribution in [2.24, 2.45) is 0 Å². The van der Waals surface area contributed by atoms with Crippen LogP contribution in [-0.4, -0.2) is 13.0 Å². The quantitative estimate of drug-likeness (QED) is 0.855. The average molecular weight is 268 g/mol. The first kappa shape index (κ1) is 11.6. The third kappa shape index (κ3) is 3.30. The van der Waals surface area contributed by atoms with Crippen molar-refractivity contribution in [1.82, 2.24) is 0 Å². The highest BCUT2D eigenvalue weighted by molar-refractivity contribution is 9.10. The number of benzene rings is 1. The largest absolute Gasteiger partial charge is 0.497 e. The van der Waals surface area contributed by atoms with E-state index in [0.29, 0.717) is 11.4 Å². The zero-order valence-electron chi connectivity index (χ0n) is 8.21. The number of nitrogens with one attached hydrogen (secondary N) is 1. The van der Waals surface area contributed by atoms with Gasteiger partial charge in [0.2, 0.25) is 5.91 Å². The maximum absolute atomic E-state index is 11.2. The van der Waals surface area contributed by atoms with Crippen LogP contribution in [0.5, 0.6) is 5.75 Å². The van der Waals surface area contributed by atoms with Crippen LogP contribution in [0.4, 0.5) is 5.69 Å². The Morgan fingerprint density at radius 2 is 2.40 bits per heavy atom. The van der Waals surface area contributed by atoms with E-state index in [1.807, 2.05) is 0 Å². The maximum Gasteiger partial charge on any atom is 0.236 e. The topological polar surface area (TPSA) is 38.3 Å². The van der Waals surface area contributed by atoms with Gasteiger partial charge in [0.25, 0.3) is 0 Å². The number of hydrogen-bond donors (Lipinski definition) is 1. The lowest BCUT2D eigenvalue weighted by Crippen LogP contribution is -2.10. The number of carbonyl (C=O) groups is 1. The lowest BCUT2D eigenvalue weighted by atomic mass is 10.3. The average Bonchev–Trinajstić information content (AvgIpc) is 2.21. The molecule has 0 aliphatic heterocycles. The molecule has 1 rings (SSSR count). The molecule has 0 saturated heterocycles. The van der Waals surface area contributed by atoms with E-state index in [0.717, 1.165) is 4.47 Å². The number of ether oxygens (including phenoxy) is 1. The molecule has 0 bridgehead atoms. The van der Waals surface area contributed by atoms with Gasteiger partial charge in [0.05, 0.1) is 19.2 Å². The molecule has 0 heterocycles. The zero-order chi connectivity index (χ0) is 11.3. The summed E-state index contributed by atoms with van der Waals surface area (Å²) in [5.41, 5.74) is 0.648. The number of rotatable bonds is 3. The van der Waals surface area contributed by atoms with Crippen LogP contribution in [0.2, 0.25) is 0 Å². The second-order valence-electron chi connectivity index (χ2n) is 2.77. The lowest BCUT2D eigenvalue weighted by Gasteiger charge is -2.07. The number of amides is 1. The summed E-state index contributed by atoms with van der Waals surface area (Å²) in [6, 6.07) is 5.31. The smallest absolute Gasteiger partial charge is 0.236 e. The van der Waals surface area contributed by atoms with Gasteiger partial charge in [-0.2, -0.15) is 0 Å². The van der Waals surface area contributed by atoms with Crippen LogP contribution in [0.25, 0.3) is 0 Å². The minimum absolute atomic E-state index is 0.0592. The number of halogens is 1. The Labute approximate surface area is 96.9 Å².